The Morgan fingerprint density at radius 3 is 2.42 bits per heavy atom. The SMILES string of the molecule is CCO[P+]1([O-])Sc2ccccc2NC1c1cn(-c2ccccc2)nc1-c1ccccc1. The molecule has 5 nitrogen and oxygen atoms in total. The number of anilines is 1. The first-order valence-electron chi connectivity index (χ1n) is 10.2. The molecule has 2 atom stereocenters. The minimum Gasteiger partial charge on any atom is -0.644 e. The molecule has 0 saturated heterocycles. The number of para-hydroxylation sites is 2. The van der Waals surface area contributed by atoms with Gasteiger partial charge < -0.3 is 10.2 Å². The lowest BCUT2D eigenvalue weighted by Crippen LogP contribution is -2.26. The second kappa shape index (κ2) is 8.48. The van der Waals surface area contributed by atoms with Crippen LogP contribution in [0, 0.1) is 0 Å². The van der Waals surface area contributed by atoms with E-state index >= 15 is 0 Å². The van der Waals surface area contributed by atoms with Crippen molar-refractivity contribution in [3.8, 4) is 16.9 Å². The van der Waals surface area contributed by atoms with E-state index in [0.717, 1.165) is 33.1 Å². The fourth-order valence-electron chi connectivity index (χ4n) is 3.73. The smallest absolute Gasteiger partial charge is 0.200 e. The van der Waals surface area contributed by atoms with Gasteiger partial charge in [0, 0.05) is 11.8 Å². The van der Waals surface area contributed by atoms with Gasteiger partial charge in [0.2, 0.25) is 5.78 Å². The zero-order valence-electron chi connectivity index (χ0n) is 17.0. The van der Waals surface area contributed by atoms with Crippen molar-refractivity contribution >= 4 is 24.0 Å². The highest BCUT2D eigenvalue weighted by Gasteiger charge is 2.48. The number of nitrogens with zero attached hydrogens (tertiary/aromatic N) is 2. The van der Waals surface area contributed by atoms with Crippen LogP contribution in [0.3, 0.4) is 0 Å². The second-order valence-electron chi connectivity index (χ2n) is 7.17. The molecule has 5 rings (SSSR count). The highest BCUT2D eigenvalue weighted by atomic mass is 32.7. The normalized spacial score (nSPS) is 20.1. The Morgan fingerprint density at radius 2 is 1.68 bits per heavy atom. The molecule has 2 unspecified atom stereocenters. The van der Waals surface area contributed by atoms with Gasteiger partial charge in [-0.15, -0.1) is 0 Å². The molecule has 7 heteroatoms. The van der Waals surface area contributed by atoms with Crippen LogP contribution in [0.15, 0.2) is 96.0 Å². The average molecular weight is 448 g/mol. The van der Waals surface area contributed by atoms with E-state index in [1.807, 2.05) is 103 Å². The zero-order chi connectivity index (χ0) is 21.3. The first kappa shape index (κ1) is 20.3. The van der Waals surface area contributed by atoms with Crippen LogP contribution in [0.1, 0.15) is 18.3 Å². The van der Waals surface area contributed by atoms with Gasteiger partial charge >= 0.3 is 0 Å². The van der Waals surface area contributed by atoms with Gasteiger partial charge in [0.05, 0.1) is 39.8 Å². The van der Waals surface area contributed by atoms with E-state index in [9.17, 15) is 4.89 Å². The summed E-state index contributed by atoms with van der Waals surface area (Å²) in [6.07, 6.45) is 1.97. The van der Waals surface area contributed by atoms with Crippen molar-refractivity contribution in [1.29, 1.82) is 0 Å². The molecule has 0 fully saturated rings. The van der Waals surface area contributed by atoms with Crippen LogP contribution in [0.25, 0.3) is 16.9 Å². The van der Waals surface area contributed by atoms with Gasteiger partial charge in [-0.2, -0.15) is 5.10 Å². The first-order chi connectivity index (χ1) is 15.2. The molecule has 3 aromatic carbocycles. The van der Waals surface area contributed by atoms with Crippen LogP contribution in [-0.4, -0.2) is 16.4 Å². The fourth-order valence-corrected chi connectivity index (χ4v) is 8.45. The van der Waals surface area contributed by atoms with E-state index in [4.69, 9.17) is 9.62 Å². The van der Waals surface area contributed by atoms with Gasteiger partial charge in [-0.05, 0) is 31.2 Å². The third-order valence-corrected chi connectivity index (χ3v) is 9.90. The van der Waals surface area contributed by atoms with Crippen LogP contribution in [0.2, 0.25) is 0 Å². The van der Waals surface area contributed by atoms with Crippen molar-refractivity contribution in [2.24, 2.45) is 0 Å². The monoisotopic (exact) mass is 447 g/mol. The number of hydrogen-bond acceptors (Lipinski definition) is 5. The van der Waals surface area contributed by atoms with Gasteiger partial charge in [-0.3, -0.25) is 0 Å². The summed E-state index contributed by atoms with van der Waals surface area (Å²) in [5.41, 5.74) is 4.52. The Kier molecular flexibility index (Phi) is 5.55. The minimum absolute atomic E-state index is 0.373. The van der Waals surface area contributed by atoms with Gasteiger partial charge in [0.1, 0.15) is 5.69 Å². The molecule has 0 saturated carbocycles. The lowest BCUT2D eigenvalue weighted by molar-refractivity contribution is -0.186. The lowest BCUT2D eigenvalue weighted by Gasteiger charge is -2.38. The maximum atomic E-state index is 14.1. The van der Waals surface area contributed by atoms with E-state index in [-0.39, 0.29) is 0 Å². The molecule has 4 aromatic rings. The van der Waals surface area contributed by atoms with E-state index < -0.39 is 12.7 Å². The number of hydrogen-bond donors (Lipinski definition) is 1. The molecule has 156 valence electrons. The Morgan fingerprint density at radius 1 is 1.00 bits per heavy atom. The van der Waals surface area contributed by atoms with Gasteiger partial charge in [0.25, 0.3) is 0 Å². The Hall–Kier alpha value is -2.63. The molecule has 2 heterocycles. The Bertz CT molecular complexity index is 1190. The summed E-state index contributed by atoms with van der Waals surface area (Å²) in [6, 6.07) is 27.9. The topological polar surface area (TPSA) is 62.1 Å². The van der Waals surface area contributed by atoms with Gasteiger partial charge in [-0.1, -0.05) is 60.7 Å². The third kappa shape index (κ3) is 3.88. The molecule has 31 heavy (non-hydrogen) atoms. The van der Waals surface area contributed by atoms with E-state index in [0.29, 0.717) is 6.61 Å². The fraction of sp³-hybridized carbons (Fsp3) is 0.125. The van der Waals surface area contributed by atoms with Crippen LogP contribution < -0.4 is 10.2 Å². The third-order valence-electron chi connectivity index (χ3n) is 5.14. The quantitative estimate of drug-likeness (QED) is 0.385. The molecule has 1 aliphatic heterocycles. The van der Waals surface area contributed by atoms with Gasteiger partial charge in [0.15, 0.2) is 6.92 Å². The van der Waals surface area contributed by atoms with Crippen molar-refractivity contribution < 1.29 is 9.42 Å². The molecule has 0 aliphatic carbocycles. The highest BCUT2D eigenvalue weighted by Crippen LogP contribution is 2.78. The molecule has 1 aromatic heterocycles. The second-order valence-corrected chi connectivity index (χ2v) is 11.7. The number of benzene rings is 3. The summed E-state index contributed by atoms with van der Waals surface area (Å²) in [7, 11) is 0. The summed E-state index contributed by atoms with van der Waals surface area (Å²) in [5.74, 6) is -0.514. The van der Waals surface area contributed by atoms with Crippen LogP contribution in [0.5, 0.6) is 0 Å². The van der Waals surface area contributed by atoms with E-state index in [1.165, 1.54) is 11.4 Å². The average Bonchev–Trinajstić information content (AvgIpc) is 3.25. The number of aromatic nitrogens is 2. The summed E-state index contributed by atoms with van der Waals surface area (Å²) < 4.78 is 7.77. The molecule has 0 amide bonds. The molecule has 0 radical (unpaired) electrons. The van der Waals surface area contributed by atoms with Crippen molar-refractivity contribution in [2.75, 3.05) is 11.9 Å². The van der Waals surface area contributed by atoms with Crippen molar-refractivity contribution in [3.63, 3.8) is 0 Å². The number of rotatable bonds is 5. The maximum Gasteiger partial charge on any atom is 0.200 e. The highest BCUT2D eigenvalue weighted by molar-refractivity contribution is 8.58. The Labute approximate surface area is 186 Å². The maximum absolute atomic E-state index is 14.1. The van der Waals surface area contributed by atoms with Crippen molar-refractivity contribution in [2.45, 2.75) is 17.6 Å². The largest absolute Gasteiger partial charge is 0.644 e. The van der Waals surface area contributed by atoms with E-state index in [2.05, 4.69) is 5.32 Å². The van der Waals surface area contributed by atoms with E-state index in [1.54, 1.807) is 0 Å². The van der Waals surface area contributed by atoms with Crippen molar-refractivity contribution in [1.82, 2.24) is 9.78 Å². The molecular weight excluding hydrogens is 425 g/mol. The predicted molar refractivity (Wildman–Crippen MR) is 126 cm³/mol. The first-order valence-corrected chi connectivity index (χ1v) is 13.3. The summed E-state index contributed by atoms with van der Waals surface area (Å²) in [6.45, 7) is -0.900. The van der Waals surface area contributed by atoms with Gasteiger partial charge in [-0.25, -0.2) is 9.21 Å². The zero-order valence-corrected chi connectivity index (χ0v) is 18.7. The minimum atomic E-state index is -3.15. The molecular formula is C24H22N3O2PS. The Balaban J connectivity index is 1.68. The molecule has 0 spiro atoms. The van der Waals surface area contributed by atoms with Crippen LogP contribution in [0.4, 0.5) is 5.69 Å². The predicted octanol–water partition coefficient (Wildman–Crippen LogP) is 5.92. The summed E-state index contributed by atoms with van der Waals surface area (Å²) in [5, 5.41) is 8.40. The lowest BCUT2D eigenvalue weighted by atomic mass is 10.1. The molecule has 0 bridgehead atoms. The van der Waals surface area contributed by atoms with Crippen molar-refractivity contribution in [3.05, 3.63) is 96.7 Å². The molecule has 1 aliphatic rings. The van der Waals surface area contributed by atoms with Crippen LogP contribution >= 0.6 is 18.3 Å². The summed E-state index contributed by atoms with van der Waals surface area (Å²) >= 11 is 1.33. The standard InChI is InChI=1S/C24H22N3O2PS/c1-2-29-30(28)24(25-21-15-9-10-16-22(21)31-30)20-17-27(19-13-7-4-8-14-19)26-23(20)18-11-5-3-6-12-18/h3-17,24-25H,2H2,1H3. The van der Waals surface area contributed by atoms with Crippen LogP contribution in [-0.2, 0) is 4.52 Å². The molecule has 1 N–H and O–H groups in total. The summed E-state index contributed by atoms with van der Waals surface area (Å²) in [4.78, 5) is 15.0. The number of nitrogens with one attached hydrogen (secondary N) is 1. The number of fused-ring (bicyclic) bond motifs is 1.